The van der Waals surface area contributed by atoms with E-state index in [1.165, 1.54) is 22.4 Å². The fourth-order valence-electron chi connectivity index (χ4n) is 3.10. The van der Waals surface area contributed by atoms with Crippen LogP contribution in [0.5, 0.6) is 0 Å². The summed E-state index contributed by atoms with van der Waals surface area (Å²) in [7, 11) is 0. The molecule has 3 nitrogen and oxygen atoms in total. The van der Waals surface area contributed by atoms with Gasteiger partial charge >= 0.3 is 0 Å². The second-order valence-electron chi connectivity index (χ2n) is 6.11. The number of nitrogens with zero attached hydrogens (tertiary/aromatic N) is 2. The van der Waals surface area contributed by atoms with Crippen LogP contribution in [0.25, 0.3) is 0 Å². The lowest BCUT2D eigenvalue weighted by Gasteiger charge is -2.21. The second-order valence-corrected chi connectivity index (χ2v) is 6.11. The fourth-order valence-corrected chi connectivity index (χ4v) is 3.10. The zero-order chi connectivity index (χ0) is 13.6. The standard InChI is InChI=1S/C16H21N3/c1-11-13(9-19-8-7-17-12(19)2)5-6-14-15(11)16(3,4)10-18-14/h5-8,18H,9-10H2,1-4H3. The summed E-state index contributed by atoms with van der Waals surface area (Å²) in [6, 6.07) is 4.46. The maximum atomic E-state index is 4.29. The van der Waals surface area contributed by atoms with Crippen molar-refractivity contribution in [1.29, 1.82) is 0 Å². The van der Waals surface area contributed by atoms with Crippen molar-refractivity contribution in [2.24, 2.45) is 0 Å². The van der Waals surface area contributed by atoms with Crippen LogP contribution in [0.1, 0.15) is 36.4 Å². The van der Waals surface area contributed by atoms with Crippen molar-refractivity contribution in [3.63, 3.8) is 0 Å². The summed E-state index contributed by atoms with van der Waals surface area (Å²) in [5.41, 5.74) is 5.80. The van der Waals surface area contributed by atoms with Crippen molar-refractivity contribution in [2.75, 3.05) is 11.9 Å². The van der Waals surface area contributed by atoms with Gasteiger partial charge in [-0.05, 0) is 36.6 Å². The highest BCUT2D eigenvalue weighted by Gasteiger charge is 2.31. The minimum Gasteiger partial charge on any atom is -0.384 e. The molecule has 0 saturated carbocycles. The van der Waals surface area contributed by atoms with Crippen LogP contribution < -0.4 is 5.32 Å². The fraction of sp³-hybridized carbons (Fsp3) is 0.438. The molecule has 0 saturated heterocycles. The third-order valence-corrected chi connectivity index (χ3v) is 4.24. The smallest absolute Gasteiger partial charge is 0.105 e. The first kappa shape index (κ1) is 12.3. The van der Waals surface area contributed by atoms with Gasteiger partial charge in [-0.3, -0.25) is 0 Å². The van der Waals surface area contributed by atoms with Crippen molar-refractivity contribution in [1.82, 2.24) is 9.55 Å². The van der Waals surface area contributed by atoms with Crippen LogP contribution in [-0.2, 0) is 12.0 Å². The Hall–Kier alpha value is -1.77. The number of rotatable bonds is 2. The number of hydrogen-bond donors (Lipinski definition) is 1. The van der Waals surface area contributed by atoms with Gasteiger partial charge in [-0.1, -0.05) is 19.9 Å². The Labute approximate surface area is 114 Å². The molecule has 0 spiro atoms. The summed E-state index contributed by atoms with van der Waals surface area (Å²) in [5.74, 6) is 1.07. The lowest BCUT2D eigenvalue weighted by molar-refractivity contribution is 0.581. The van der Waals surface area contributed by atoms with E-state index in [0.717, 1.165) is 18.9 Å². The van der Waals surface area contributed by atoms with Crippen LogP contribution in [0.15, 0.2) is 24.5 Å². The van der Waals surface area contributed by atoms with Crippen LogP contribution >= 0.6 is 0 Å². The average molecular weight is 255 g/mol. The second kappa shape index (κ2) is 4.12. The highest BCUT2D eigenvalue weighted by atomic mass is 15.0. The maximum Gasteiger partial charge on any atom is 0.105 e. The monoisotopic (exact) mass is 255 g/mol. The SMILES string of the molecule is Cc1c(Cn2ccnc2C)ccc2c1C(C)(C)CN2. The zero-order valence-corrected chi connectivity index (χ0v) is 12.1. The van der Waals surface area contributed by atoms with Gasteiger partial charge in [0.15, 0.2) is 0 Å². The van der Waals surface area contributed by atoms with Gasteiger partial charge in [0.2, 0.25) is 0 Å². The van der Waals surface area contributed by atoms with Crippen LogP contribution in [-0.4, -0.2) is 16.1 Å². The molecule has 2 heterocycles. The number of benzene rings is 1. The zero-order valence-electron chi connectivity index (χ0n) is 12.1. The Kier molecular flexibility index (Phi) is 2.66. The molecule has 0 atom stereocenters. The van der Waals surface area contributed by atoms with Crippen LogP contribution in [0.4, 0.5) is 5.69 Å². The molecule has 0 aliphatic carbocycles. The van der Waals surface area contributed by atoms with Gasteiger partial charge in [0.05, 0.1) is 0 Å². The normalized spacial score (nSPS) is 16.2. The number of imidazole rings is 1. The minimum atomic E-state index is 0.222. The van der Waals surface area contributed by atoms with Crippen LogP contribution in [0.2, 0.25) is 0 Å². The Balaban J connectivity index is 2.03. The lowest BCUT2D eigenvalue weighted by atomic mass is 9.82. The van der Waals surface area contributed by atoms with Crippen molar-refractivity contribution in [3.05, 3.63) is 47.0 Å². The third kappa shape index (κ3) is 1.93. The van der Waals surface area contributed by atoms with Gasteiger partial charge in [-0.25, -0.2) is 4.98 Å². The number of aryl methyl sites for hydroxylation is 1. The number of hydrogen-bond acceptors (Lipinski definition) is 2. The van der Waals surface area contributed by atoms with E-state index in [-0.39, 0.29) is 5.41 Å². The van der Waals surface area contributed by atoms with Crippen LogP contribution in [0, 0.1) is 13.8 Å². The molecule has 1 aliphatic rings. The Bertz CT molecular complexity index is 623. The van der Waals surface area contributed by atoms with E-state index >= 15 is 0 Å². The molecule has 1 N–H and O–H groups in total. The van der Waals surface area contributed by atoms with E-state index in [1.807, 2.05) is 19.3 Å². The molecule has 1 aliphatic heterocycles. The van der Waals surface area contributed by atoms with E-state index < -0.39 is 0 Å². The molecule has 2 aromatic rings. The molecular formula is C16H21N3. The van der Waals surface area contributed by atoms with Crippen molar-refractivity contribution < 1.29 is 0 Å². The Morgan fingerprint density at radius 1 is 1.32 bits per heavy atom. The van der Waals surface area contributed by atoms with Crippen molar-refractivity contribution in [2.45, 2.75) is 39.7 Å². The highest BCUT2D eigenvalue weighted by Crippen LogP contribution is 2.39. The molecule has 19 heavy (non-hydrogen) atoms. The number of aromatic nitrogens is 2. The first-order valence-electron chi connectivity index (χ1n) is 6.83. The van der Waals surface area contributed by atoms with Crippen LogP contribution in [0.3, 0.4) is 0 Å². The molecule has 1 aromatic carbocycles. The molecule has 0 bridgehead atoms. The summed E-state index contributed by atoms with van der Waals surface area (Å²) in [6.45, 7) is 10.8. The number of nitrogens with one attached hydrogen (secondary N) is 1. The summed E-state index contributed by atoms with van der Waals surface area (Å²) < 4.78 is 2.20. The van der Waals surface area contributed by atoms with E-state index in [9.17, 15) is 0 Å². The lowest BCUT2D eigenvalue weighted by Crippen LogP contribution is -2.20. The molecule has 0 unspecified atom stereocenters. The predicted octanol–water partition coefficient (Wildman–Crippen LogP) is 3.25. The summed E-state index contributed by atoms with van der Waals surface area (Å²) in [4.78, 5) is 4.29. The largest absolute Gasteiger partial charge is 0.384 e. The van der Waals surface area contributed by atoms with Gasteiger partial charge in [0.1, 0.15) is 5.82 Å². The van der Waals surface area contributed by atoms with E-state index in [4.69, 9.17) is 0 Å². The topological polar surface area (TPSA) is 29.9 Å². The van der Waals surface area contributed by atoms with Gasteiger partial charge in [-0.2, -0.15) is 0 Å². The first-order chi connectivity index (χ1) is 8.99. The molecule has 0 amide bonds. The minimum absolute atomic E-state index is 0.222. The maximum absolute atomic E-state index is 4.29. The molecular weight excluding hydrogens is 234 g/mol. The predicted molar refractivity (Wildman–Crippen MR) is 78.8 cm³/mol. The summed E-state index contributed by atoms with van der Waals surface area (Å²) in [6.07, 6.45) is 3.91. The van der Waals surface area contributed by atoms with Gasteiger partial charge in [0.25, 0.3) is 0 Å². The van der Waals surface area contributed by atoms with E-state index in [1.54, 1.807) is 0 Å². The van der Waals surface area contributed by atoms with Gasteiger partial charge in [-0.15, -0.1) is 0 Å². The van der Waals surface area contributed by atoms with E-state index in [2.05, 4.69) is 47.8 Å². The molecule has 3 rings (SSSR count). The molecule has 0 radical (unpaired) electrons. The molecule has 1 aromatic heterocycles. The molecule has 3 heteroatoms. The highest BCUT2D eigenvalue weighted by molar-refractivity contribution is 5.64. The van der Waals surface area contributed by atoms with Crippen molar-refractivity contribution >= 4 is 5.69 Å². The molecule has 0 fully saturated rings. The average Bonchev–Trinajstić information content (AvgIpc) is 2.88. The summed E-state index contributed by atoms with van der Waals surface area (Å²) >= 11 is 0. The summed E-state index contributed by atoms with van der Waals surface area (Å²) in [5, 5.41) is 3.51. The molecule has 100 valence electrons. The van der Waals surface area contributed by atoms with Crippen molar-refractivity contribution in [3.8, 4) is 0 Å². The quantitative estimate of drug-likeness (QED) is 0.892. The van der Waals surface area contributed by atoms with Gasteiger partial charge < -0.3 is 9.88 Å². The number of fused-ring (bicyclic) bond motifs is 1. The Morgan fingerprint density at radius 2 is 2.11 bits per heavy atom. The Morgan fingerprint density at radius 3 is 2.79 bits per heavy atom. The number of anilines is 1. The van der Waals surface area contributed by atoms with Gasteiger partial charge in [0, 0.05) is 36.6 Å². The first-order valence-corrected chi connectivity index (χ1v) is 6.83. The van der Waals surface area contributed by atoms with E-state index in [0.29, 0.717) is 0 Å². The third-order valence-electron chi connectivity index (χ3n) is 4.24.